The summed E-state index contributed by atoms with van der Waals surface area (Å²) < 4.78 is 28.5. The van der Waals surface area contributed by atoms with E-state index in [1.807, 2.05) is 0 Å². The first-order valence-corrected chi connectivity index (χ1v) is 14.6. The maximum absolute atomic E-state index is 13.2. The highest BCUT2D eigenvalue weighted by atomic mass is 32.1. The predicted octanol–water partition coefficient (Wildman–Crippen LogP) is 4.76. The van der Waals surface area contributed by atoms with Crippen molar-refractivity contribution in [3.8, 4) is 0 Å². The number of esters is 4. The molecule has 1 N–H and O–H groups in total. The third-order valence-electron chi connectivity index (χ3n) is 6.46. The van der Waals surface area contributed by atoms with Gasteiger partial charge in [0.15, 0.2) is 29.3 Å². The minimum Gasteiger partial charge on any atom is -0.461 e. The Bertz CT molecular complexity index is 1580. The highest BCUT2D eigenvalue weighted by Crippen LogP contribution is 2.31. The molecule has 0 saturated carbocycles. The Morgan fingerprint density at radius 1 is 0.727 bits per heavy atom. The third kappa shape index (κ3) is 7.46. The van der Waals surface area contributed by atoms with E-state index in [4.69, 9.17) is 23.7 Å². The van der Waals surface area contributed by atoms with Gasteiger partial charge in [-0.05, 0) is 43.3 Å². The lowest BCUT2D eigenvalue weighted by Crippen LogP contribution is -2.43. The molecule has 1 aliphatic rings. The van der Waals surface area contributed by atoms with E-state index >= 15 is 0 Å². The van der Waals surface area contributed by atoms with Gasteiger partial charge in [-0.3, -0.25) is 0 Å². The topological polar surface area (TPSA) is 139 Å². The first kappa shape index (κ1) is 30.4. The zero-order valence-electron chi connectivity index (χ0n) is 23.5. The molecule has 0 amide bonds. The highest BCUT2D eigenvalue weighted by molar-refractivity contribution is 7.13. The summed E-state index contributed by atoms with van der Waals surface area (Å²) in [5.41, 5.74) is 0.920. The Morgan fingerprint density at radius 2 is 1.25 bits per heavy atom. The van der Waals surface area contributed by atoms with Crippen LogP contribution in [0.1, 0.15) is 48.5 Å². The van der Waals surface area contributed by atoms with E-state index in [1.54, 1.807) is 97.9 Å². The molecule has 0 bridgehead atoms. The van der Waals surface area contributed by atoms with E-state index < -0.39 is 48.4 Å². The number of carbonyl (C=O) groups excluding carboxylic acids is 4. The van der Waals surface area contributed by atoms with Crippen LogP contribution in [0.5, 0.6) is 0 Å². The lowest BCUT2D eigenvalue weighted by atomic mass is 10.1. The first-order chi connectivity index (χ1) is 21.4. The first-order valence-electron chi connectivity index (χ1n) is 13.7. The number of thiazole rings is 1. The van der Waals surface area contributed by atoms with Crippen LogP contribution in [0.25, 0.3) is 0 Å². The van der Waals surface area contributed by atoms with Crippen LogP contribution in [0, 0.1) is 0 Å². The Morgan fingerprint density at radius 3 is 1.80 bits per heavy atom. The number of nitrogens with zero attached hydrogens (tertiary/aromatic N) is 1. The molecule has 11 nitrogen and oxygen atoms in total. The van der Waals surface area contributed by atoms with E-state index in [2.05, 4.69) is 10.3 Å². The third-order valence-corrected chi connectivity index (χ3v) is 7.23. The largest absolute Gasteiger partial charge is 0.461 e. The van der Waals surface area contributed by atoms with Gasteiger partial charge in [-0.2, -0.15) is 0 Å². The summed E-state index contributed by atoms with van der Waals surface area (Å²) in [5.74, 6) is -2.61. The number of aromatic nitrogens is 1. The van der Waals surface area contributed by atoms with Crippen molar-refractivity contribution in [3.63, 3.8) is 0 Å². The molecule has 226 valence electrons. The van der Waals surface area contributed by atoms with Crippen LogP contribution in [-0.2, 0) is 23.7 Å². The summed E-state index contributed by atoms with van der Waals surface area (Å²) in [6.45, 7) is 1.54. The van der Waals surface area contributed by atoms with Gasteiger partial charge in [-0.15, -0.1) is 11.3 Å². The molecule has 1 fully saturated rings. The molecule has 2 heterocycles. The molecule has 0 aliphatic carbocycles. The fraction of sp³-hybridized carbons (Fsp3) is 0.219. The van der Waals surface area contributed by atoms with E-state index in [9.17, 15) is 19.2 Å². The fourth-order valence-electron chi connectivity index (χ4n) is 4.36. The summed E-state index contributed by atoms with van der Waals surface area (Å²) >= 11 is 1.10. The number of nitrogens with one attached hydrogen (secondary N) is 1. The van der Waals surface area contributed by atoms with Crippen LogP contribution in [0.4, 0.5) is 5.13 Å². The molecule has 12 heteroatoms. The highest BCUT2D eigenvalue weighted by Gasteiger charge is 2.51. The molecule has 0 radical (unpaired) electrons. The van der Waals surface area contributed by atoms with Gasteiger partial charge in [-0.25, -0.2) is 24.2 Å². The van der Waals surface area contributed by atoms with Crippen molar-refractivity contribution in [2.24, 2.45) is 0 Å². The molecule has 4 aromatic rings. The monoisotopic (exact) mass is 616 g/mol. The van der Waals surface area contributed by atoms with Gasteiger partial charge in [0, 0.05) is 5.38 Å². The van der Waals surface area contributed by atoms with Gasteiger partial charge in [-0.1, -0.05) is 54.6 Å². The van der Waals surface area contributed by atoms with Crippen molar-refractivity contribution in [2.45, 2.75) is 31.5 Å². The second kappa shape index (κ2) is 14.4. The van der Waals surface area contributed by atoms with Crippen LogP contribution in [-0.4, -0.2) is 66.6 Å². The molecule has 1 aromatic heterocycles. The quantitative estimate of drug-likeness (QED) is 0.184. The average molecular weight is 617 g/mol. The maximum atomic E-state index is 13.2. The van der Waals surface area contributed by atoms with Crippen molar-refractivity contribution in [1.82, 2.24) is 4.98 Å². The van der Waals surface area contributed by atoms with Crippen LogP contribution in [0.15, 0.2) is 96.4 Å². The Hall–Kier alpha value is -5.07. The average Bonchev–Trinajstić information content (AvgIpc) is 3.66. The number of hydrogen-bond donors (Lipinski definition) is 1. The van der Waals surface area contributed by atoms with Crippen LogP contribution in [0.2, 0.25) is 0 Å². The second-order valence-electron chi connectivity index (χ2n) is 9.43. The standard InChI is InChI=1S/C32H28N2O9S/c1-2-39-31(38)23-19-44-32(33-23)34-27-26(43-30(37)22-16-10-5-11-17-22)25(42-29(36)21-14-8-4-9-15-21)24(41-27)18-40-28(35)20-12-6-3-7-13-20/h3-17,19,24-27H,2,18H2,1H3,(H,33,34)/t24-,25-,26-,27-/m1/s1. The van der Waals surface area contributed by atoms with Crippen molar-refractivity contribution >= 4 is 40.3 Å². The summed E-state index contributed by atoms with van der Waals surface area (Å²) in [5, 5.41) is 4.79. The minimum absolute atomic E-state index is 0.0792. The van der Waals surface area contributed by atoms with Gasteiger partial charge in [0.25, 0.3) is 0 Å². The summed E-state index contributed by atoms with van der Waals surface area (Å²) in [6.07, 6.45) is -4.59. The molecular formula is C32H28N2O9S. The van der Waals surface area contributed by atoms with Gasteiger partial charge >= 0.3 is 23.9 Å². The molecule has 4 atom stereocenters. The predicted molar refractivity (Wildman–Crippen MR) is 158 cm³/mol. The number of hydrogen-bond acceptors (Lipinski definition) is 12. The number of carbonyl (C=O) groups is 4. The Kier molecular flexibility index (Phi) is 9.95. The SMILES string of the molecule is CCOC(=O)c1csc(N[C@@H]2O[C@H](COC(=O)c3ccccc3)[C@@H](OC(=O)c3ccccc3)[C@H]2OC(=O)c2ccccc2)n1. The molecule has 5 rings (SSSR count). The van der Waals surface area contributed by atoms with Crippen molar-refractivity contribution in [3.05, 3.63) is 119 Å². The molecule has 44 heavy (non-hydrogen) atoms. The summed E-state index contributed by atoms with van der Waals surface area (Å²) in [4.78, 5) is 55.6. The van der Waals surface area contributed by atoms with E-state index in [0.717, 1.165) is 11.3 Å². The number of ether oxygens (including phenoxy) is 5. The minimum atomic E-state index is -1.22. The van der Waals surface area contributed by atoms with Crippen molar-refractivity contribution in [1.29, 1.82) is 0 Å². The normalized spacial score (nSPS) is 19.0. The smallest absolute Gasteiger partial charge is 0.357 e. The van der Waals surface area contributed by atoms with E-state index in [0.29, 0.717) is 5.56 Å². The summed E-state index contributed by atoms with van der Waals surface area (Å²) in [7, 11) is 0. The fourth-order valence-corrected chi connectivity index (χ4v) is 5.06. The molecule has 1 aliphatic heterocycles. The zero-order chi connectivity index (χ0) is 30.9. The molecule has 1 saturated heterocycles. The molecule has 0 spiro atoms. The number of benzene rings is 3. The van der Waals surface area contributed by atoms with Gasteiger partial charge in [0.05, 0.1) is 23.3 Å². The summed E-state index contributed by atoms with van der Waals surface area (Å²) in [6, 6.07) is 24.9. The van der Waals surface area contributed by atoms with Crippen molar-refractivity contribution < 1.29 is 42.9 Å². The lowest BCUT2D eigenvalue weighted by Gasteiger charge is -2.24. The van der Waals surface area contributed by atoms with E-state index in [1.165, 1.54) is 5.38 Å². The molecule has 0 unspecified atom stereocenters. The Labute approximate surface area is 256 Å². The molecule has 3 aromatic carbocycles. The Balaban J connectivity index is 1.43. The van der Waals surface area contributed by atoms with Gasteiger partial charge in [0.2, 0.25) is 0 Å². The zero-order valence-corrected chi connectivity index (χ0v) is 24.3. The van der Waals surface area contributed by atoms with Gasteiger partial charge < -0.3 is 29.0 Å². The number of anilines is 1. The lowest BCUT2D eigenvalue weighted by molar-refractivity contribution is -0.0441. The second-order valence-corrected chi connectivity index (χ2v) is 10.3. The maximum Gasteiger partial charge on any atom is 0.357 e. The van der Waals surface area contributed by atoms with E-state index in [-0.39, 0.29) is 35.2 Å². The van der Waals surface area contributed by atoms with Crippen LogP contribution < -0.4 is 5.32 Å². The van der Waals surface area contributed by atoms with Crippen molar-refractivity contribution in [2.75, 3.05) is 18.5 Å². The number of rotatable bonds is 11. The van der Waals surface area contributed by atoms with Crippen LogP contribution in [0.3, 0.4) is 0 Å². The van der Waals surface area contributed by atoms with Crippen LogP contribution >= 0.6 is 11.3 Å². The molecular weight excluding hydrogens is 588 g/mol. The van der Waals surface area contributed by atoms with Gasteiger partial charge in [0.1, 0.15) is 12.7 Å².